The zero-order valence-electron chi connectivity index (χ0n) is 9.01. The molecule has 0 saturated heterocycles. The first-order valence-corrected chi connectivity index (χ1v) is 6.47. The van der Waals surface area contributed by atoms with Crippen molar-refractivity contribution in [2.75, 3.05) is 5.32 Å². The van der Waals surface area contributed by atoms with Gasteiger partial charge in [0.25, 0.3) is 0 Å². The topological polar surface area (TPSA) is 59.1 Å². The first kappa shape index (κ1) is 11.4. The summed E-state index contributed by atoms with van der Waals surface area (Å²) in [5.41, 5.74) is 0.963. The Bertz CT molecular complexity index is 640. The van der Waals surface area contributed by atoms with Gasteiger partial charge in [-0.3, -0.25) is 9.59 Å². The van der Waals surface area contributed by atoms with Gasteiger partial charge in [0.1, 0.15) is 11.1 Å². The second kappa shape index (κ2) is 4.19. The van der Waals surface area contributed by atoms with E-state index in [1.807, 2.05) is 0 Å². The van der Waals surface area contributed by atoms with E-state index in [1.165, 1.54) is 11.3 Å². The molecule has 1 atom stereocenters. The number of halogens is 1. The summed E-state index contributed by atoms with van der Waals surface area (Å²) in [5.74, 6) is -1.48. The Hall–Kier alpha value is -1.72. The van der Waals surface area contributed by atoms with Crippen molar-refractivity contribution < 1.29 is 9.59 Å². The van der Waals surface area contributed by atoms with Crippen LogP contribution in [0.4, 0.5) is 5.69 Å². The number of Topliss-reactive ketones (excluding diaryl/α,β-unsaturated/α-hetero) is 1. The minimum atomic E-state index is -0.891. The van der Waals surface area contributed by atoms with Crippen molar-refractivity contribution >= 4 is 40.3 Å². The van der Waals surface area contributed by atoms with Gasteiger partial charge < -0.3 is 5.32 Å². The molecular weight excluding hydrogens is 272 g/mol. The van der Waals surface area contributed by atoms with E-state index < -0.39 is 5.92 Å². The Kier molecular flexibility index (Phi) is 2.65. The zero-order valence-corrected chi connectivity index (χ0v) is 10.6. The molecule has 1 aliphatic rings. The minimum absolute atomic E-state index is 0.240. The molecule has 0 spiro atoms. The molecule has 1 aliphatic heterocycles. The van der Waals surface area contributed by atoms with E-state index in [-0.39, 0.29) is 16.8 Å². The van der Waals surface area contributed by atoms with E-state index in [0.717, 1.165) is 0 Å². The van der Waals surface area contributed by atoms with Crippen molar-refractivity contribution in [3.8, 4) is 0 Å². The lowest BCUT2D eigenvalue weighted by atomic mass is 10.00. The number of fused-ring (bicyclic) bond motifs is 1. The van der Waals surface area contributed by atoms with Crippen molar-refractivity contribution in [3.63, 3.8) is 0 Å². The molecule has 1 unspecified atom stereocenters. The predicted octanol–water partition coefficient (Wildman–Crippen LogP) is 2.72. The van der Waals surface area contributed by atoms with Gasteiger partial charge in [-0.05, 0) is 23.6 Å². The maximum absolute atomic E-state index is 12.3. The number of carbonyl (C=O) groups is 2. The van der Waals surface area contributed by atoms with Gasteiger partial charge in [-0.1, -0.05) is 17.7 Å². The van der Waals surface area contributed by atoms with Crippen LogP contribution in [0.2, 0.25) is 5.15 Å². The van der Waals surface area contributed by atoms with Crippen LogP contribution >= 0.6 is 22.9 Å². The van der Waals surface area contributed by atoms with Crippen LogP contribution in [0.3, 0.4) is 0 Å². The van der Waals surface area contributed by atoms with Crippen LogP contribution in [0, 0.1) is 0 Å². The Morgan fingerprint density at radius 1 is 1.39 bits per heavy atom. The Morgan fingerprint density at radius 2 is 2.22 bits per heavy atom. The number of hydrogen-bond acceptors (Lipinski definition) is 4. The van der Waals surface area contributed by atoms with E-state index in [2.05, 4.69) is 10.3 Å². The summed E-state index contributed by atoms with van der Waals surface area (Å²) in [6.45, 7) is 0. The normalized spacial score (nSPS) is 17.4. The average Bonchev–Trinajstić information content (AvgIpc) is 2.94. The van der Waals surface area contributed by atoms with E-state index in [0.29, 0.717) is 16.3 Å². The van der Waals surface area contributed by atoms with Crippen LogP contribution < -0.4 is 5.32 Å². The summed E-state index contributed by atoms with van der Waals surface area (Å²) in [6.07, 6.45) is 0. The SMILES string of the molecule is O=C1Nc2ccc(Cl)nc2C1C(=O)c1cccs1. The van der Waals surface area contributed by atoms with Crippen molar-refractivity contribution in [1.29, 1.82) is 0 Å². The number of carbonyl (C=O) groups excluding carboxylic acids is 2. The van der Waals surface area contributed by atoms with Gasteiger partial charge in [0.2, 0.25) is 5.91 Å². The third-order valence-corrected chi connectivity index (χ3v) is 3.81. The molecule has 18 heavy (non-hydrogen) atoms. The highest BCUT2D eigenvalue weighted by Gasteiger charge is 2.38. The lowest BCUT2D eigenvalue weighted by Crippen LogP contribution is -2.20. The summed E-state index contributed by atoms with van der Waals surface area (Å²) in [7, 11) is 0. The van der Waals surface area contributed by atoms with Crippen LogP contribution in [0.5, 0.6) is 0 Å². The summed E-state index contributed by atoms with van der Waals surface area (Å²) < 4.78 is 0. The smallest absolute Gasteiger partial charge is 0.241 e. The molecule has 0 saturated carbocycles. The molecule has 4 nitrogen and oxygen atoms in total. The Balaban J connectivity index is 2.06. The Morgan fingerprint density at radius 3 is 2.94 bits per heavy atom. The number of nitrogens with zero attached hydrogens (tertiary/aromatic N) is 1. The molecule has 90 valence electrons. The fourth-order valence-electron chi connectivity index (χ4n) is 1.91. The summed E-state index contributed by atoms with van der Waals surface area (Å²) in [4.78, 5) is 28.8. The average molecular weight is 279 g/mol. The number of aromatic nitrogens is 1. The number of anilines is 1. The molecule has 3 rings (SSSR count). The van der Waals surface area contributed by atoms with E-state index in [4.69, 9.17) is 11.6 Å². The highest BCUT2D eigenvalue weighted by molar-refractivity contribution is 7.12. The van der Waals surface area contributed by atoms with Gasteiger partial charge in [0, 0.05) is 0 Å². The number of ketones is 1. The fraction of sp³-hybridized carbons (Fsp3) is 0.0833. The second-order valence-corrected chi connectivity index (χ2v) is 5.17. The molecule has 6 heteroatoms. The standard InChI is InChI=1S/C12H7ClN2O2S/c13-8-4-3-6-10(15-8)9(12(17)14-6)11(16)7-2-1-5-18-7/h1-5,9H,(H,14,17). The van der Waals surface area contributed by atoms with Gasteiger partial charge in [-0.25, -0.2) is 4.98 Å². The molecule has 0 radical (unpaired) electrons. The van der Waals surface area contributed by atoms with E-state index >= 15 is 0 Å². The number of hydrogen-bond donors (Lipinski definition) is 1. The van der Waals surface area contributed by atoms with Gasteiger partial charge in [-0.2, -0.15) is 0 Å². The van der Waals surface area contributed by atoms with Gasteiger partial charge in [-0.15, -0.1) is 11.3 Å². The quantitative estimate of drug-likeness (QED) is 0.522. The van der Waals surface area contributed by atoms with Gasteiger partial charge >= 0.3 is 0 Å². The highest BCUT2D eigenvalue weighted by atomic mass is 35.5. The van der Waals surface area contributed by atoms with Crippen LogP contribution in [-0.4, -0.2) is 16.7 Å². The van der Waals surface area contributed by atoms with Crippen LogP contribution in [0.15, 0.2) is 29.6 Å². The van der Waals surface area contributed by atoms with Crippen LogP contribution in [0.25, 0.3) is 0 Å². The lowest BCUT2D eigenvalue weighted by molar-refractivity contribution is -0.116. The summed E-state index contributed by atoms with van der Waals surface area (Å²) >= 11 is 7.12. The molecule has 2 aromatic heterocycles. The first-order chi connectivity index (χ1) is 8.66. The van der Waals surface area contributed by atoms with Crippen molar-refractivity contribution in [2.24, 2.45) is 0 Å². The first-order valence-electron chi connectivity index (χ1n) is 5.22. The molecule has 3 heterocycles. The lowest BCUT2D eigenvalue weighted by Gasteiger charge is -2.05. The van der Waals surface area contributed by atoms with Crippen LogP contribution in [0.1, 0.15) is 21.3 Å². The molecule has 0 aromatic carbocycles. The predicted molar refractivity (Wildman–Crippen MR) is 69.3 cm³/mol. The summed E-state index contributed by atoms with van der Waals surface area (Å²) in [6, 6.07) is 6.71. The largest absolute Gasteiger partial charge is 0.323 e. The zero-order chi connectivity index (χ0) is 12.7. The number of pyridine rings is 1. The van der Waals surface area contributed by atoms with Gasteiger partial charge in [0.05, 0.1) is 16.3 Å². The third-order valence-electron chi connectivity index (χ3n) is 2.71. The van der Waals surface area contributed by atoms with Crippen molar-refractivity contribution in [1.82, 2.24) is 4.98 Å². The van der Waals surface area contributed by atoms with Crippen molar-refractivity contribution in [2.45, 2.75) is 5.92 Å². The molecule has 0 fully saturated rings. The monoisotopic (exact) mass is 278 g/mol. The number of rotatable bonds is 2. The Labute approximate surface area is 112 Å². The number of amides is 1. The van der Waals surface area contributed by atoms with Gasteiger partial charge in [0.15, 0.2) is 5.78 Å². The summed E-state index contributed by atoms with van der Waals surface area (Å²) in [5, 5.41) is 4.71. The highest BCUT2D eigenvalue weighted by Crippen LogP contribution is 2.34. The second-order valence-electron chi connectivity index (χ2n) is 3.83. The number of thiophene rings is 1. The molecule has 2 aromatic rings. The van der Waals surface area contributed by atoms with Crippen molar-refractivity contribution in [3.05, 3.63) is 45.4 Å². The molecule has 1 amide bonds. The fourth-order valence-corrected chi connectivity index (χ4v) is 2.76. The molecule has 0 aliphatic carbocycles. The van der Waals surface area contributed by atoms with E-state index in [1.54, 1.807) is 29.6 Å². The van der Waals surface area contributed by atoms with Crippen LogP contribution in [-0.2, 0) is 4.79 Å². The molecule has 0 bridgehead atoms. The van der Waals surface area contributed by atoms with E-state index in [9.17, 15) is 9.59 Å². The number of nitrogens with one attached hydrogen (secondary N) is 1. The maximum atomic E-state index is 12.3. The maximum Gasteiger partial charge on any atom is 0.241 e. The minimum Gasteiger partial charge on any atom is -0.323 e. The molecule has 1 N–H and O–H groups in total. The third kappa shape index (κ3) is 1.72. The molecular formula is C12H7ClN2O2S.